The Morgan fingerprint density at radius 1 is 1.44 bits per heavy atom. The number of nitrogens with zero attached hydrogens (tertiary/aromatic N) is 3. The lowest BCUT2D eigenvalue weighted by Gasteiger charge is -2.23. The quantitative estimate of drug-likeness (QED) is 0.759. The van der Waals surface area contributed by atoms with Gasteiger partial charge in [-0.15, -0.1) is 10.2 Å². The monoisotopic (exact) mass is 226 g/mol. The van der Waals surface area contributed by atoms with Crippen molar-refractivity contribution in [2.75, 3.05) is 26.4 Å². The fourth-order valence-electron chi connectivity index (χ4n) is 1.60. The Hall–Kier alpha value is -0.980. The van der Waals surface area contributed by atoms with Gasteiger partial charge in [-0.1, -0.05) is 0 Å². The summed E-state index contributed by atoms with van der Waals surface area (Å²) in [6, 6.07) is 0. The molecule has 1 aromatic rings. The first kappa shape index (κ1) is 11.5. The van der Waals surface area contributed by atoms with E-state index in [2.05, 4.69) is 15.5 Å². The third-order valence-electron chi connectivity index (χ3n) is 2.72. The van der Waals surface area contributed by atoms with Gasteiger partial charge < -0.3 is 19.4 Å². The normalized spacial score (nSPS) is 21.2. The van der Waals surface area contributed by atoms with Crippen molar-refractivity contribution >= 4 is 0 Å². The summed E-state index contributed by atoms with van der Waals surface area (Å²) >= 11 is 0. The Bertz CT molecular complexity index is 334. The molecule has 1 fully saturated rings. The predicted octanol–water partition coefficient (Wildman–Crippen LogP) is -0.371. The highest BCUT2D eigenvalue weighted by atomic mass is 16.6. The van der Waals surface area contributed by atoms with Crippen molar-refractivity contribution in [2.45, 2.75) is 19.6 Å². The molecule has 1 unspecified atom stereocenters. The van der Waals surface area contributed by atoms with Crippen LogP contribution in [0.25, 0.3) is 0 Å². The first-order valence-electron chi connectivity index (χ1n) is 5.52. The van der Waals surface area contributed by atoms with Crippen LogP contribution in [0.2, 0.25) is 0 Å². The third-order valence-corrected chi connectivity index (χ3v) is 2.72. The van der Waals surface area contributed by atoms with Crippen LogP contribution >= 0.6 is 0 Å². The lowest BCUT2D eigenvalue weighted by atomic mass is 10.3. The van der Waals surface area contributed by atoms with E-state index in [1.54, 1.807) is 0 Å². The van der Waals surface area contributed by atoms with Crippen LogP contribution in [-0.4, -0.2) is 47.2 Å². The maximum Gasteiger partial charge on any atom is 0.146 e. The van der Waals surface area contributed by atoms with Gasteiger partial charge in [-0.05, 0) is 6.92 Å². The van der Waals surface area contributed by atoms with Gasteiger partial charge in [0, 0.05) is 13.6 Å². The number of rotatable bonds is 4. The molecule has 6 heteroatoms. The second-order valence-electron chi connectivity index (χ2n) is 3.92. The summed E-state index contributed by atoms with van der Waals surface area (Å²) in [6.45, 7) is 5.50. The zero-order chi connectivity index (χ0) is 11.4. The van der Waals surface area contributed by atoms with Crippen molar-refractivity contribution in [2.24, 2.45) is 7.05 Å². The molecule has 1 N–H and O–H groups in total. The highest BCUT2D eigenvalue weighted by molar-refractivity contribution is 4.91. The average Bonchev–Trinajstić information content (AvgIpc) is 2.62. The number of hydrogen-bond acceptors (Lipinski definition) is 5. The summed E-state index contributed by atoms with van der Waals surface area (Å²) in [6.07, 6.45) is 0.156. The highest BCUT2D eigenvalue weighted by Crippen LogP contribution is 2.00. The van der Waals surface area contributed by atoms with Gasteiger partial charge in [0.05, 0.1) is 32.5 Å². The van der Waals surface area contributed by atoms with E-state index < -0.39 is 0 Å². The van der Waals surface area contributed by atoms with Crippen LogP contribution in [0, 0.1) is 6.92 Å². The standard InChI is InChI=1S/C10H18N4O2/c1-8-12-13-10(14(8)2)6-11-5-9-7-15-3-4-16-9/h9,11H,3-7H2,1-2H3. The molecule has 0 saturated carbocycles. The lowest BCUT2D eigenvalue weighted by Crippen LogP contribution is -2.37. The largest absolute Gasteiger partial charge is 0.376 e. The molecule has 1 atom stereocenters. The van der Waals surface area contributed by atoms with E-state index in [-0.39, 0.29) is 6.10 Å². The number of ether oxygens (including phenoxy) is 2. The van der Waals surface area contributed by atoms with Crippen molar-refractivity contribution in [3.63, 3.8) is 0 Å². The van der Waals surface area contributed by atoms with Crippen molar-refractivity contribution in [1.29, 1.82) is 0 Å². The summed E-state index contributed by atoms with van der Waals surface area (Å²) in [4.78, 5) is 0. The number of hydrogen-bond donors (Lipinski definition) is 1. The van der Waals surface area contributed by atoms with Crippen LogP contribution < -0.4 is 5.32 Å². The van der Waals surface area contributed by atoms with Gasteiger partial charge in [-0.2, -0.15) is 0 Å². The molecule has 1 saturated heterocycles. The zero-order valence-corrected chi connectivity index (χ0v) is 9.77. The second kappa shape index (κ2) is 5.38. The fourth-order valence-corrected chi connectivity index (χ4v) is 1.60. The maximum atomic E-state index is 5.52. The molecule has 16 heavy (non-hydrogen) atoms. The topological polar surface area (TPSA) is 61.2 Å². The molecule has 0 bridgehead atoms. The van der Waals surface area contributed by atoms with Crippen LogP contribution in [0.5, 0.6) is 0 Å². The van der Waals surface area contributed by atoms with Gasteiger partial charge in [0.2, 0.25) is 0 Å². The molecule has 90 valence electrons. The smallest absolute Gasteiger partial charge is 0.146 e. The molecule has 1 aromatic heterocycles. The Morgan fingerprint density at radius 2 is 2.31 bits per heavy atom. The van der Waals surface area contributed by atoms with Crippen molar-refractivity contribution in [1.82, 2.24) is 20.1 Å². The summed E-state index contributed by atoms with van der Waals surface area (Å²) in [5, 5.41) is 11.4. The first-order chi connectivity index (χ1) is 7.77. The lowest BCUT2D eigenvalue weighted by molar-refractivity contribution is -0.0865. The summed E-state index contributed by atoms with van der Waals surface area (Å²) in [5.41, 5.74) is 0. The van der Waals surface area contributed by atoms with E-state index in [0.29, 0.717) is 26.4 Å². The SMILES string of the molecule is Cc1nnc(CNCC2COCCO2)n1C. The summed E-state index contributed by atoms with van der Waals surface area (Å²) in [5.74, 6) is 1.86. The molecule has 0 amide bonds. The Balaban J connectivity index is 1.73. The van der Waals surface area contributed by atoms with Crippen molar-refractivity contribution < 1.29 is 9.47 Å². The van der Waals surface area contributed by atoms with Crippen LogP contribution in [0.15, 0.2) is 0 Å². The molecule has 6 nitrogen and oxygen atoms in total. The number of nitrogens with one attached hydrogen (secondary N) is 1. The zero-order valence-electron chi connectivity index (χ0n) is 9.77. The molecular weight excluding hydrogens is 208 g/mol. The van der Waals surface area contributed by atoms with Gasteiger partial charge >= 0.3 is 0 Å². The summed E-state index contributed by atoms with van der Waals surface area (Å²) in [7, 11) is 1.96. The van der Waals surface area contributed by atoms with E-state index >= 15 is 0 Å². The fraction of sp³-hybridized carbons (Fsp3) is 0.800. The number of aryl methyl sites for hydroxylation is 1. The third kappa shape index (κ3) is 2.78. The van der Waals surface area contributed by atoms with Crippen LogP contribution in [0.3, 0.4) is 0 Å². The van der Waals surface area contributed by atoms with Gasteiger partial charge in [0.25, 0.3) is 0 Å². The Kier molecular flexibility index (Phi) is 3.87. The van der Waals surface area contributed by atoms with Crippen LogP contribution in [0.1, 0.15) is 11.6 Å². The average molecular weight is 226 g/mol. The summed E-state index contributed by atoms with van der Waals surface area (Å²) < 4.78 is 12.8. The van der Waals surface area contributed by atoms with E-state index in [0.717, 1.165) is 18.2 Å². The van der Waals surface area contributed by atoms with Gasteiger partial charge in [-0.25, -0.2) is 0 Å². The molecule has 2 rings (SSSR count). The van der Waals surface area contributed by atoms with Gasteiger partial charge in [0.15, 0.2) is 0 Å². The minimum Gasteiger partial charge on any atom is -0.376 e. The van der Waals surface area contributed by atoms with Gasteiger partial charge in [0.1, 0.15) is 11.6 Å². The van der Waals surface area contributed by atoms with E-state index in [1.807, 2.05) is 18.5 Å². The number of aromatic nitrogens is 3. The van der Waals surface area contributed by atoms with E-state index in [4.69, 9.17) is 9.47 Å². The Labute approximate surface area is 94.9 Å². The Morgan fingerprint density at radius 3 is 2.94 bits per heavy atom. The van der Waals surface area contributed by atoms with Crippen molar-refractivity contribution in [3.05, 3.63) is 11.6 Å². The van der Waals surface area contributed by atoms with Crippen LogP contribution in [-0.2, 0) is 23.1 Å². The van der Waals surface area contributed by atoms with Gasteiger partial charge in [-0.3, -0.25) is 0 Å². The maximum absolute atomic E-state index is 5.52. The second-order valence-corrected chi connectivity index (χ2v) is 3.92. The minimum atomic E-state index is 0.156. The minimum absolute atomic E-state index is 0.156. The van der Waals surface area contributed by atoms with E-state index in [9.17, 15) is 0 Å². The first-order valence-corrected chi connectivity index (χ1v) is 5.52. The van der Waals surface area contributed by atoms with E-state index in [1.165, 1.54) is 0 Å². The molecule has 0 aromatic carbocycles. The molecule has 2 heterocycles. The molecule has 0 radical (unpaired) electrons. The molecule has 0 spiro atoms. The molecular formula is C10H18N4O2. The van der Waals surface area contributed by atoms with Crippen molar-refractivity contribution in [3.8, 4) is 0 Å². The molecule has 0 aliphatic carbocycles. The highest BCUT2D eigenvalue weighted by Gasteiger charge is 2.14. The molecule has 1 aliphatic rings. The molecule has 1 aliphatic heterocycles. The van der Waals surface area contributed by atoms with Crippen LogP contribution in [0.4, 0.5) is 0 Å². The predicted molar refractivity (Wildman–Crippen MR) is 58.0 cm³/mol.